The van der Waals surface area contributed by atoms with Crippen LogP contribution in [0, 0.1) is 6.92 Å². The normalized spacial score (nSPS) is 13.9. The van der Waals surface area contributed by atoms with Crippen LogP contribution in [0.15, 0.2) is 23.7 Å². The number of methoxy groups -OCH3 is 1. The Morgan fingerprint density at radius 2 is 2.37 bits per heavy atom. The molecule has 3 rings (SSSR count). The van der Waals surface area contributed by atoms with Gasteiger partial charge in [0.05, 0.1) is 37.1 Å². The number of anilines is 1. The summed E-state index contributed by atoms with van der Waals surface area (Å²) in [5.74, 6) is 1.78. The van der Waals surface area contributed by atoms with Gasteiger partial charge in [0.25, 0.3) is 0 Å². The molecule has 0 amide bonds. The van der Waals surface area contributed by atoms with E-state index in [4.69, 9.17) is 9.47 Å². The number of aryl methyl sites for hydroxylation is 1. The Morgan fingerprint density at radius 1 is 1.47 bits per heavy atom. The lowest BCUT2D eigenvalue weighted by molar-refractivity contribution is 0.306. The Balaban J connectivity index is 1.91. The number of thiazole rings is 1. The lowest BCUT2D eigenvalue weighted by Gasteiger charge is -2.31. The van der Waals surface area contributed by atoms with E-state index in [0.29, 0.717) is 0 Å². The first-order valence-electron chi connectivity index (χ1n) is 6.22. The smallest absolute Gasteiger partial charge is 0.142 e. The molecule has 0 N–H and O–H groups in total. The minimum Gasteiger partial charge on any atom is -0.497 e. The van der Waals surface area contributed by atoms with Gasteiger partial charge < -0.3 is 14.4 Å². The van der Waals surface area contributed by atoms with E-state index in [1.807, 2.05) is 23.7 Å². The zero-order valence-electron chi connectivity index (χ0n) is 11.0. The molecule has 0 saturated heterocycles. The highest BCUT2D eigenvalue weighted by Crippen LogP contribution is 2.36. The topological polar surface area (TPSA) is 34.6 Å². The van der Waals surface area contributed by atoms with E-state index >= 15 is 0 Å². The van der Waals surface area contributed by atoms with Crippen molar-refractivity contribution in [2.75, 3.05) is 25.2 Å². The monoisotopic (exact) mass is 276 g/mol. The molecule has 0 atom stereocenters. The Morgan fingerprint density at radius 3 is 3.11 bits per heavy atom. The molecule has 0 saturated carbocycles. The van der Waals surface area contributed by atoms with Crippen LogP contribution in [0.3, 0.4) is 0 Å². The summed E-state index contributed by atoms with van der Waals surface area (Å²) in [5.41, 5.74) is 4.11. The summed E-state index contributed by atoms with van der Waals surface area (Å²) in [7, 11) is 1.68. The number of fused-ring (bicyclic) bond motifs is 1. The summed E-state index contributed by atoms with van der Waals surface area (Å²) in [6.07, 6.45) is 0. The Hall–Kier alpha value is -1.75. The van der Waals surface area contributed by atoms with Crippen LogP contribution in [-0.4, -0.2) is 25.2 Å². The Bertz CT molecular complexity index is 583. The summed E-state index contributed by atoms with van der Waals surface area (Å²) < 4.78 is 11.0. The fourth-order valence-electron chi connectivity index (χ4n) is 2.20. The molecule has 1 aliphatic rings. The van der Waals surface area contributed by atoms with Gasteiger partial charge in [-0.1, -0.05) is 0 Å². The zero-order chi connectivity index (χ0) is 13.2. The molecule has 2 heterocycles. The number of nitrogens with zero attached hydrogens (tertiary/aromatic N) is 2. The molecule has 19 heavy (non-hydrogen) atoms. The van der Waals surface area contributed by atoms with Crippen molar-refractivity contribution in [1.29, 1.82) is 0 Å². The predicted octanol–water partition coefficient (Wildman–Crippen LogP) is 2.86. The van der Waals surface area contributed by atoms with E-state index in [0.717, 1.165) is 42.6 Å². The highest BCUT2D eigenvalue weighted by Gasteiger charge is 2.20. The molecule has 0 spiro atoms. The van der Waals surface area contributed by atoms with E-state index in [9.17, 15) is 0 Å². The number of benzene rings is 1. The highest BCUT2D eigenvalue weighted by atomic mass is 32.1. The maximum Gasteiger partial charge on any atom is 0.142 e. The quantitative estimate of drug-likeness (QED) is 0.863. The van der Waals surface area contributed by atoms with Crippen molar-refractivity contribution in [3.05, 3.63) is 34.3 Å². The standard InChI is InChI=1S/C14H16N2O2S/c1-10-14(19-9-15-10)8-16-5-6-18-13-4-3-11(17-2)7-12(13)16/h3-4,7,9H,5-6,8H2,1-2H3. The largest absolute Gasteiger partial charge is 0.497 e. The lowest BCUT2D eigenvalue weighted by atomic mass is 10.2. The molecule has 1 aliphatic heterocycles. The Kier molecular flexibility index (Phi) is 3.29. The van der Waals surface area contributed by atoms with Gasteiger partial charge in [-0.2, -0.15) is 0 Å². The first-order chi connectivity index (χ1) is 9.28. The van der Waals surface area contributed by atoms with Crippen LogP contribution in [0.2, 0.25) is 0 Å². The van der Waals surface area contributed by atoms with Crippen LogP contribution >= 0.6 is 11.3 Å². The second-order valence-electron chi connectivity index (χ2n) is 4.46. The second kappa shape index (κ2) is 5.09. The van der Waals surface area contributed by atoms with Gasteiger partial charge in [-0.3, -0.25) is 0 Å². The summed E-state index contributed by atoms with van der Waals surface area (Å²) in [6, 6.07) is 5.94. The molecule has 1 aromatic heterocycles. The molecular formula is C14H16N2O2S. The van der Waals surface area contributed by atoms with Gasteiger partial charge in [0.15, 0.2) is 0 Å². The van der Waals surface area contributed by atoms with Gasteiger partial charge in [0.2, 0.25) is 0 Å². The molecule has 4 nitrogen and oxygen atoms in total. The van der Waals surface area contributed by atoms with E-state index in [1.54, 1.807) is 18.4 Å². The van der Waals surface area contributed by atoms with Crippen molar-refractivity contribution in [3.8, 4) is 11.5 Å². The van der Waals surface area contributed by atoms with Crippen molar-refractivity contribution in [2.24, 2.45) is 0 Å². The number of ether oxygens (including phenoxy) is 2. The fourth-order valence-corrected chi connectivity index (χ4v) is 2.99. The third-order valence-corrected chi connectivity index (χ3v) is 4.22. The number of hydrogen-bond donors (Lipinski definition) is 0. The molecule has 1 aromatic carbocycles. The van der Waals surface area contributed by atoms with Gasteiger partial charge in [0, 0.05) is 10.9 Å². The van der Waals surface area contributed by atoms with Crippen LogP contribution < -0.4 is 14.4 Å². The van der Waals surface area contributed by atoms with Gasteiger partial charge >= 0.3 is 0 Å². The molecule has 2 aromatic rings. The fraction of sp³-hybridized carbons (Fsp3) is 0.357. The maximum absolute atomic E-state index is 5.69. The third-order valence-electron chi connectivity index (χ3n) is 3.30. The molecule has 5 heteroatoms. The average molecular weight is 276 g/mol. The minimum atomic E-state index is 0.719. The van der Waals surface area contributed by atoms with Crippen molar-refractivity contribution in [3.63, 3.8) is 0 Å². The summed E-state index contributed by atoms with van der Waals surface area (Å²) in [6.45, 7) is 4.54. The van der Waals surface area contributed by atoms with Crippen LogP contribution in [0.25, 0.3) is 0 Å². The molecular weight excluding hydrogens is 260 g/mol. The van der Waals surface area contributed by atoms with Gasteiger partial charge in [-0.25, -0.2) is 4.98 Å². The molecule has 100 valence electrons. The van der Waals surface area contributed by atoms with Gasteiger partial charge in [-0.05, 0) is 19.1 Å². The molecule has 0 bridgehead atoms. The zero-order valence-corrected chi connectivity index (χ0v) is 11.9. The summed E-state index contributed by atoms with van der Waals surface area (Å²) in [5, 5.41) is 0. The Labute approximate surface area is 116 Å². The molecule has 0 radical (unpaired) electrons. The lowest BCUT2D eigenvalue weighted by Crippen LogP contribution is -2.32. The first-order valence-corrected chi connectivity index (χ1v) is 7.10. The van der Waals surface area contributed by atoms with Crippen molar-refractivity contribution >= 4 is 17.0 Å². The van der Waals surface area contributed by atoms with Crippen LogP contribution in [-0.2, 0) is 6.54 Å². The highest BCUT2D eigenvalue weighted by molar-refractivity contribution is 7.09. The van der Waals surface area contributed by atoms with Crippen molar-refractivity contribution < 1.29 is 9.47 Å². The third kappa shape index (κ3) is 2.38. The second-order valence-corrected chi connectivity index (χ2v) is 5.40. The molecule has 0 fully saturated rings. The average Bonchev–Trinajstić information content (AvgIpc) is 2.84. The van der Waals surface area contributed by atoms with E-state index in [2.05, 4.69) is 16.8 Å². The SMILES string of the molecule is COc1ccc2c(c1)N(Cc1scnc1C)CCO2. The summed E-state index contributed by atoms with van der Waals surface area (Å²) >= 11 is 1.70. The minimum absolute atomic E-state index is 0.719. The number of rotatable bonds is 3. The van der Waals surface area contributed by atoms with Crippen LogP contribution in [0.1, 0.15) is 10.6 Å². The number of hydrogen-bond acceptors (Lipinski definition) is 5. The van der Waals surface area contributed by atoms with Gasteiger partial charge in [0.1, 0.15) is 18.1 Å². The van der Waals surface area contributed by atoms with Gasteiger partial charge in [-0.15, -0.1) is 11.3 Å². The maximum atomic E-state index is 5.69. The van der Waals surface area contributed by atoms with Crippen molar-refractivity contribution in [1.82, 2.24) is 4.98 Å². The van der Waals surface area contributed by atoms with E-state index < -0.39 is 0 Å². The molecule has 0 aliphatic carbocycles. The van der Waals surface area contributed by atoms with E-state index in [-0.39, 0.29) is 0 Å². The van der Waals surface area contributed by atoms with E-state index in [1.165, 1.54) is 4.88 Å². The van der Waals surface area contributed by atoms with Crippen LogP contribution in [0.4, 0.5) is 5.69 Å². The summed E-state index contributed by atoms with van der Waals surface area (Å²) in [4.78, 5) is 7.93. The molecule has 0 unspecified atom stereocenters. The number of aromatic nitrogens is 1. The first kappa shape index (κ1) is 12.3. The van der Waals surface area contributed by atoms with Crippen LogP contribution in [0.5, 0.6) is 11.5 Å². The predicted molar refractivity (Wildman–Crippen MR) is 76.4 cm³/mol. The van der Waals surface area contributed by atoms with Crippen molar-refractivity contribution in [2.45, 2.75) is 13.5 Å².